The Balaban J connectivity index is 1.49. The summed E-state index contributed by atoms with van der Waals surface area (Å²) in [6, 6.07) is 15.9. The van der Waals surface area contributed by atoms with Crippen LogP contribution in [0.15, 0.2) is 59.0 Å². The van der Waals surface area contributed by atoms with E-state index < -0.39 is 36.2 Å². The number of rotatable bonds is 9. The van der Waals surface area contributed by atoms with Crippen molar-refractivity contribution in [3.8, 4) is 0 Å². The molecule has 3 atom stereocenters. The van der Waals surface area contributed by atoms with Crippen LogP contribution >= 0.6 is 0 Å². The van der Waals surface area contributed by atoms with Gasteiger partial charge in [0.05, 0.1) is 19.1 Å². The van der Waals surface area contributed by atoms with Gasteiger partial charge in [-0.3, -0.25) is 9.59 Å². The van der Waals surface area contributed by atoms with Crippen molar-refractivity contribution in [1.29, 1.82) is 0 Å². The zero-order chi connectivity index (χ0) is 27.2. The number of nitrogens with one attached hydrogen (secondary N) is 2. The van der Waals surface area contributed by atoms with Crippen LogP contribution in [0.25, 0.3) is 0 Å². The predicted octanol–water partition coefficient (Wildman–Crippen LogP) is 3.35. The van der Waals surface area contributed by atoms with Crippen LogP contribution in [0.5, 0.6) is 0 Å². The standard InChI is InChI=1S/C27H30FN5O5/c1-16(2)17-8-10-19(11-9-17)25(18-6-4-3-5-7-18)30-26(35)21-12-20(28)15-33(21)24(34)13-22-31-32-23(38-22)14-29-27(36)37/h3-11,16,20-21,25,29H,12-15H2,1-2H3,(H,30,35)(H,36,37). The lowest BCUT2D eigenvalue weighted by Gasteiger charge is -2.27. The Morgan fingerprint density at radius 2 is 1.66 bits per heavy atom. The minimum absolute atomic E-state index is 0.0107. The van der Waals surface area contributed by atoms with E-state index >= 15 is 0 Å². The van der Waals surface area contributed by atoms with Crippen molar-refractivity contribution in [2.45, 2.75) is 57.4 Å². The molecule has 11 heteroatoms. The zero-order valence-corrected chi connectivity index (χ0v) is 21.1. The van der Waals surface area contributed by atoms with Crippen LogP contribution in [0, 0.1) is 0 Å². The molecule has 2 heterocycles. The number of alkyl halides is 1. The van der Waals surface area contributed by atoms with Gasteiger partial charge in [-0.25, -0.2) is 9.18 Å². The molecular weight excluding hydrogens is 493 g/mol. The highest BCUT2D eigenvalue weighted by Gasteiger charge is 2.40. The smallest absolute Gasteiger partial charge is 0.405 e. The molecule has 0 bridgehead atoms. The minimum Gasteiger partial charge on any atom is -0.465 e. The lowest BCUT2D eigenvalue weighted by atomic mass is 9.95. The summed E-state index contributed by atoms with van der Waals surface area (Å²) in [5.74, 6) is -0.701. The summed E-state index contributed by atoms with van der Waals surface area (Å²) in [5, 5.41) is 21.2. The van der Waals surface area contributed by atoms with Crippen LogP contribution in [0.4, 0.5) is 9.18 Å². The van der Waals surface area contributed by atoms with Crippen molar-refractivity contribution in [3.05, 3.63) is 83.1 Å². The maximum atomic E-state index is 14.5. The van der Waals surface area contributed by atoms with E-state index in [1.54, 1.807) is 0 Å². The molecule has 200 valence electrons. The summed E-state index contributed by atoms with van der Waals surface area (Å²) >= 11 is 0. The number of likely N-dealkylation sites (tertiary alicyclic amines) is 1. The maximum absolute atomic E-state index is 14.5. The van der Waals surface area contributed by atoms with Gasteiger partial charge in [-0.15, -0.1) is 10.2 Å². The van der Waals surface area contributed by atoms with Crippen molar-refractivity contribution in [2.24, 2.45) is 0 Å². The number of halogens is 1. The van der Waals surface area contributed by atoms with Gasteiger partial charge in [-0.2, -0.15) is 0 Å². The Morgan fingerprint density at radius 1 is 1.03 bits per heavy atom. The zero-order valence-electron chi connectivity index (χ0n) is 21.1. The molecule has 1 aliphatic rings. The molecule has 38 heavy (non-hydrogen) atoms. The minimum atomic E-state index is -1.35. The molecule has 2 aromatic carbocycles. The monoisotopic (exact) mass is 523 g/mol. The number of hydrogen-bond acceptors (Lipinski definition) is 6. The Kier molecular flexibility index (Phi) is 8.35. The Morgan fingerprint density at radius 3 is 2.32 bits per heavy atom. The lowest BCUT2D eigenvalue weighted by molar-refractivity contribution is -0.138. The first kappa shape index (κ1) is 26.8. The summed E-state index contributed by atoms with van der Waals surface area (Å²) in [6.45, 7) is 3.77. The molecule has 0 spiro atoms. The fourth-order valence-corrected chi connectivity index (χ4v) is 4.44. The number of nitrogens with zero attached hydrogens (tertiary/aromatic N) is 3. The Labute approximate surface area is 219 Å². The van der Waals surface area contributed by atoms with E-state index in [1.807, 2.05) is 54.6 Å². The van der Waals surface area contributed by atoms with Crippen molar-refractivity contribution in [2.75, 3.05) is 6.54 Å². The second kappa shape index (κ2) is 11.8. The van der Waals surface area contributed by atoms with Crippen LogP contribution in [0.1, 0.15) is 60.7 Å². The summed E-state index contributed by atoms with van der Waals surface area (Å²) in [5.41, 5.74) is 2.90. The van der Waals surface area contributed by atoms with Crippen LogP contribution in [0.2, 0.25) is 0 Å². The number of amides is 3. The summed E-state index contributed by atoms with van der Waals surface area (Å²) < 4.78 is 19.8. The molecule has 3 unspecified atom stereocenters. The Bertz CT molecular complexity index is 1260. The Hall–Kier alpha value is -4.28. The van der Waals surface area contributed by atoms with Crippen molar-refractivity contribution < 1.29 is 28.3 Å². The van der Waals surface area contributed by atoms with Crippen molar-refractivity contribution in [1.82, 2.24) is 25.7 Å². The van der Waals surface area contributed by atoms with Gasteiger partial charge in [0.1, 0.15) is 18.6 Å². The second-order valence-electron chi connectivity index (χ2n) is 9.49. The molecule has 0 saturated carbocycles. The molecule has 3 N–H and O–H groups in total. The van der Waals surface area contributed by atoms with E-state index in [0.29, 0.717) is 5.92 Å². The first-order valence-corrected chi connectivity index (χ1v) is 12.4. The van der Waals surface area contributed by atoms with Crippen LogP contribution in [0.3, 0.4) is 0 Å². The van der Waals surface area contributed by atoms with Gasteiger partial charge in [0, 0.05) is 6.42 Å². The first-order valence-electron chi connectivity index (χ1n) is 12.4. The maximum Gasteiger partial charge on any atom is 0.405 e. The fourth-order valence-electron chi connectivity index (χ4n) is 4.44. The quantitative estimate of drug-likeness (QED) is 0.391. The molecule has 4 rings (SSSR count). The van der Waals surface area contributed by atoms with Gasteiger partial charge < -0.3 is 25.1 Å². The molecule has 10 nitrogen and oxygen atoms in total. The van der Waals surface area contributed by atoms with E-state index in [2.05, 4.69) is 34.7 Å². The SMILES string of the molecule is CC(C)c1ccc(C(NC(=O)C2CC(F)CN2C(=O)Cc2nnc(CNC(=O)O)o2)c2ccccc2)cc1. The highest BCUT2D eigenvalue weighted by Crippen LogP contribution is 2.27. The number of benzene rings is 2. The molecule has 1 aromatic heterocycles. The van der Waals surface area contributed by atoms with E-state index in [9.17, 15) is 18.8 Å². The van der Waals surface area contributed by atoms with Gasteiger partial charge in [-0.1, -0.05) is 68.4 Å². The third-order valence-corrected chi connectivity index (χ3v) is 6.43. The van der Waals surface area contributed by atoms with Crippen LogP contribution < -0.4 is 10.6 Å². The number of carbonyl (C=O) groups is 3. The average Bonchev–Trinajstić information content (AvgIpc) is 3.52. The topological polar surface area (TPSA) is 138 Å². The number of carbonyl (C=O) groups excluding carboxylic acids is 2. The predicted molar refractivity (Wildman–Crippen MR) is 135 cm³/mol. The molecule has 3 amide bonds. The largest absolute Gasteiger partial charge is 0.465 e. The lowest BCUT2D eigenvalue weighted by Crippen LogP contribution is -2.47. The molecule has 0 radical (unpaired) electrons. The molecule has 3 aromatic rings. The van der Waals surface area contributed by atoms with E-state index in [-0.39, 0.29) is 37.7 Å². The fraction of sp³-hybridized carbons (Fsp3) is 0.370. The third kappa shape index (κ3) is 6.53. The van der Waals surface area contributed by atoms with E-state index in [0.717, 1.165) is 11.1 Å². The van der Waals surface area contributed by atoms with Crippen molar-refractivity contribution in [3.63, 3.8) is 0 Å². The summed E-state index contributed by atoms with van der Waals surface area (Å²) in [4.78, 5) is 38.3. The van der Waals surface area contributed by atoms with Crippen molar-refractivity contribution >= 4 is 17.9 Å². The van der Waals surface area contributed by atoms with E-state index in [4.69, 9.17) is 9.52 Å². The first-order chi connectivity index (χ1) is 18.2. The number of aromatic nitrogens is 2. The van der Waals surface area contributed by atoms with E-state index in [1.165, 1.54) is 10.5 Å². The molecule has 0 aliphatic carbocycles. The normalized spacial score (nSPS) is 17.8. The second-order valence-corrected chi connectivity index (χ2v) is 9.49. The highest BCUT2D eigenvalue weighted by molar-refractivity contribution is 5.89. The third-order valence-electron chi connectivity index (χ3n) is 6.43. The average molecular weight is 524 g/mol. The van der Waals surface area contributed by atoms with Gasteiger partial charge >= 0.3 is 6.09 Å². The number of carboxylic acid groups (broad SMARTS) is 1. The molecule has 1 saturated heterocycles. The molecule has 1 aliphatic heterocycles. The van der Waals surface area contributed by atoms with Gasteiger partial charge in [-0.05, 0) is 22.6 Å². The number of hydrogen-bond donors (Lipinski definition) is 3. The van der Waals surface area contributed by atoms with Gasteiger partial charge in [0.25, 0.3) is 0 Å². The van der Waals surface area contributed by atoms with Gasteiger partial charge in [0.15, 0.2) is 0 Å². The summed E-state index contributed by atoms with van der Waals surface area (Å²) in [7, 11) is 0. The van der Waals surface area contributed by atoms with Gasteiger partial charge in [0.2, 0.25) is 23.6 Å². The van der Waals surface area contributed by atoms with Crippen LogP contribution in [-0.4, -0.2) is 56.9 Å². The van der Waals surface area contributed by atoms with Crippen LogP contribution in [-0.2, 0) is 22.6 Å². The molecular formula is C27H30FN5O5. The summed E-state index contributed by atoms with van der Waals surface area (Å²) in [6.07, 6.45) is -3.07. The highest BCUT2D eigenvalue weighted by atomic mass is 19.1. The molecule has 1 fully saturated rings.